The third-order valence-electron chi connectivity index (χ3n) is 4.20. The monoisotopic (exact) mass is 352 g/mol. The molecule has 0 N–H and O–H groups in total. The molecule has 1 saturated heterocycles. The topological polar surface area (TPSA) is 59.1 Å². The smallest absolute Gasteiger partial charge is 0.410 e. The summed E-state index contributed by atoms with van der Waals surface area (Å²) in [6, 6.07) is 3.24. The lowest BCUT2D eigenvalue weighted by atomic mass is 10.0. The molecule has 0 aliphatic carbocycles. The van der Waals surface area contributed by atoms with E-state index in [-0.39, 0.29) is 18.0 Å². The molecule has 130 valence electrons. The predicted molar refractivity (Wildman–Crippen MR) is 89.6 cm³/mol. The zero-order valence-electron chi connectivity index (χ0n) is 14.3. The number of benzene rings is 1. The fourth-order valence-electron chi connectivity index (χ4n) is 3.14. The van der Waals surface area contributed by atoms with Crippen LogP contribution in [0.25, 0.3) is 0 Å². The number of amides is 2. The summed E-state index contributed by atoms with van der Waals surface area (Å²) in [4.78, 5) is 28.4. The molecule has 0 aromatic heterocycles. The van der Waals surface area contributed by atoms with Crippen LogP contribution in [0.2, 0.25) is 5.02 Å². The van der Waals surface area contributed by atoms with Crippen LogP contribution < -0.4 is 4.74 Å². The van der Waals surface area contributed by atoms with Crippen LogP contribution in [0.4, 0.5) is 4.79 Å². The lowest BCUT2D eigenvalue weighted by Crippen LogP contribution is -2.50. The van der Waals surface area contributed by atoms with E-state index in [1.165, 1.54) is 0 Å². The van der Waals surface area contributed by atoms with Gasteiger partial charge in [-0.15, -0.1) is 0 Å². The molecule has 6 nitrogen and oxygen atoms in total. The Morgan fingerprint density at radius 2 is 2.00 bits per heavy atom. The Kier molecular flexibility index (Phi) is 4.11. The second-order valence-corrected chi connectivity index (χ2v) is 7.42. The second kappa shape index (κ2) is 5.84. The first-order valence-electron chi connectivity index (χ1n) is 7.87. The van der Waals surface area contributed by atoms with Gasteiger partial charge in [0.25, 0.3) is 5.91 Å². The maximum absolute atomic E-state index is 12.6. The molecule has 24 heavy (non-hydrogen) atoms. The molecule has 0 spiro atoms. The van der Waals surface area contributed by atoms with E-state index in [0.717, 1.165) is 5.56 Å². The highest BCUT2D eigenvalue weighted by molar-refractivity contribution is 6.34. The highest BCUT2D eigenvalue weighted by Crippen LogP contribution is 2.41. The zero-order chi connectivity index (χ0) is 17.6. The van der Waals surface area contributed by atoms with Crippen LogP contribution in [-0.2, 0) is 4.74 Å². The highest BCUT2D eigenvalue weighted by Gasteiger charge is 2.43. The number of rotatable bonds is 1. The van der Waals surface area contributed by atoms with Gasteiger partial charge in [0.15, 0.2) is 0 Å². The van der Waals surface area contributed by atoms with Crippen molar-refractivity contribution >= 4 is 23.6 Å². The first-order valence-corrected chi connectivity index (χ1v) is 8.25. The molecule has 2 aliphatic heterocycles. The minimum absolute atomic E-state index is 0.0912. The van der Waals surface area contributed by atoms with Crippen LogP contribution in [0.15, 0.2) is 12.1 Å². The van der Waals surface area contributed by atoms with Crippen LogP contribution in [0, 0.1) is 0 Å². The largest absolute Gasteiger partial charge is 0.497 e. The first kappa shape index (κ1) is 16.9. The van der Waals surface area contributed by atoms with Gasteiger partial charge in [0.1, 0.15) is 11.4 Å². The van der Waals surface area contributed by atoms with Crippen LogP contribution in [0.5, 0.6) is 5.75 Å². The van der Waals surface area contributed by atoms with Gasteiger partial charge in [0, 0.05) is 19.6 Å². The quantitative estimate of drug-likeness (QED) is 0.779. The molecule has 0 unspecified atom stereocenters. The molecule has 1 aromatic carbocycles. The van der Waals surface area contributed by atoms with Gasteiger partial charge >= 0.3 is 6.09 Å². The molecule has 1 fully saturated rings. The molecule has 3 rings (SSSR count). The zero-order valence-corrected chi connectivity index (χ0v) is 15.0. The van der Waals surface area contributed by atoms with Crippen molar-refractivity contribution in [2.45, 2.75) is 32.4 Å². The number of hydrogen-bond acceptors (Lipinski definition) is 4. The Bertz CT molecular complexity index is 699. The van der Waals surface area contributed by atoms with Crippen LogP contribution in [0.3, 0.4) is 0 Å². The summed E-state index contributed by atoms with van der Waals surface area (Å²) in [7, 11) is 1.56. The van der Waals surface area contributed by atoms with E-state index in [9.17, 15) is 9.59 Å². The fraction of sp³-hybridized carbons (Fsp3) is 0.529. The molecule has 2 aliphatic rings. The summed E-state index contributed by atoms with van der Waals surface area (Å²) in [6.45, 7) is 6.79. The van der Waals surface area contributed by atoms with Gasteiger partial charge in [-0.3, -0.25) is 4.79 Å². The van der Waals surface area contributed by atoms with E-state index in [1.807, 2.05) is 26.8 Å². The van der Waals surface area contributed by atoms with Crippen molar-refractivity contribution in [1.29, 1.82) is 0 Å². The molecule has 1 aromatic rings. The molecule has 7 heteroatoms. The average Bonchev–Trinajstić information content (AvgIpc) is 2.78. The van der Waals surface area contributed by atoms with Crippen molar-refractivity contribution in [3.8, 4) is 5.75 Å². The lowest BCUT2D eigenvalue weighted by molar-refractivity contribution is 0.00657. The Labute approximate surface area is 146 Å². The number of nitrogens with zero attached hydrogens (tertiary/aromatic N) is 2. The van der Waals surface area contributed by atoms with E-state index < -0.39 is 5.60 Å². The summed E-state index contributed by atoms with van der Waals surface area (Å²) in [5, 5.41) is 0.382. The van der Waals surface area contributed by atoms with Gasteiger partial charge < -0.3 is 19.3 Å². The minimum atomic E-state index is -0.551. The lowest BCUT2D eigenvalue weighted by Gasteiger charge is -2.38. The normalized spacial score (nSPS) is 19.9. The number of fused-ring (bicyclic) bond motifs is 3. The first-order chi connectivity index (χ1) is 11.2. The summed E-state index contributed by atoms with van der Waals surface area (Å²) in [5.41, 5.74) is 0.760. The third-order valence-corrected chi connectivity index (χ3v) is 4.49. The van der Waals surface area contributed by atoms with Crippen molar-refractivity contribution in [3.05, 3.63) is 28.3 Å². The Balaban J connectivity index is 1.88. The molecule has 1 atom stereocenters. The predicted octanol–water partition coefficient (Wildman–Crippen LogP) is 3.10. The van der Waals surface area contributed by atoms with Gasteiger partial charge in [-0.2, -0.15) is 0 Å². The maximum Gasteiger partial charge on any atom is 0.410 e. The third kappa shape index (κ3) is 2.90. The molecule has 2 heterocycles. The van der Waals surface area contributed by atoms with Crippen molar-refractivity contribution < 1.29 is 19.1 Å². The van der Waals surface area contributed by atoms with Gasteiger partial charge in [0.2, 0.25) is 0 Å². The molecule has 0 saturated carbocycles. The van der Waals surface area contributed by atoms with E-state index in [1.54, 1.807) is 23.0 Å². The Hall–Kier alpha value is -1.95. The van der Waals surface area contributed by atoms with Gasteiger partial charge in [-0.1, -0.05) is 11.6 Å². The molecule has 0 bridgehead atoms. The van der Waals surface area contributed by atoms with Gasteiger partial charge in [-0.25, -0.2) is 4.79 Å². The summed E-state index contributed by atoms with van der Waals surface area (Å²) >= 11 is 6.27. The van der Waals surface area contributed by atoms with E-state index in [4.69, 9.17) is 21.1 Å². The minimum Gasteiger partial charge on any atom is -0.497 e. The molecular weight excluding hydrogens is 332 g/mol. The van der Waals surface area contributed by atoms with Crippen molar-refractivity contribution in [2.75, 3.05) is 26.7 Å². The van der Waals surface area contributed by atoms with Gasteiger partial charge in [0.05, 0.1) is 23.7 Å². The van der Waals surface area contributed by atoms with Crippen molar-refractivity contribution in [1.82, 2.24) is 9.80 Å². The standard InChI is InChI=1S/C17H21ClN2O4/c1-17(2,3)24-16(22)19-5-6-20-13(9-19)11-7-10(23-4)8-12(18)14(11)15(20)21/h7-8,13H,5-6,9H2,1-4H3/t13-/m0/s1. The number of methoxy groups -OCH3 is 1. The van der Waals surface area contributed by atoms with Crippen LogP contribution >= 0.6 is 11.6 Å². The number of carbonyl (C=O) groups is 2. The second-order valence-electron chi connectivity index (χ2n) is 7.01. The van der Waals surface area contributed by atoms with Crippen LogP contribution in [0.1, 0.15) is 42.7 Å². The summed E-state index contributed by atoms with van der Waals surface area (Å²) < 4.78 is 10.7. The SMILES string of the molecule is COc1cc(Cl)c2c(c1)[C@@H]1CN(C(=O)OC(C)(C)C)CCN1C2=O. The van der Waals surface area contributed by atoms with Gasteiger partial charge in [-0.05, 0) is 38.5 Å². The van der Waals surface area contributed by atoms with Crippen molar-refractivity contribution in [3.63, 3.8) is 0 Å². The van der Waals surface area contributed by atoms with Crippen molar-refractivity contribution in [2.24, 2.45) is 0 Å². The summed E-state index contributed by atoms with van der Waals surface area (Å²) in [5.74, 6) is 0.509. The number of ether oxygens (including phenoxy) is 2. The van der Waals surface area contributed by atoms with E-state index in [0.29, 0.717) is 36.0 Å². The maximum atomic E-state index is 12.6. The van der Waals surface area contributed by atoms with E-state index >= 15 is 0 Å². The Morgan fingerprint density at radius 3 is 2.62 bits per heavy atom. The van der Waals surface area contributed by atoms with Crippen LogP contribution in [-0.4, -0.2) is 54.1 Å². The molecular formula is C17H21ClN2O4. The number of piperazine rings is 1. The molecule has 0 radical (unpaired) electrons. The number of hydrogen-bond donors (Lipinski definition) is 0. The number of halogens is 1. The summed E-state index contributed by atoms with van der Waals surface area (Å²) in [6.07, 6.45) is -0.364. The highest BCUT2D eigenvalue weighted by atomic mass is 35.5. The number of carbonyl (C=O) groups excluding carboxylic acids is 2. The average molecular weight is 353 g/mol. The molecule has 2 amide bonds. The van der Waals surface area contributed by atoms with E-state index in [2.05, 4.69) is 0 Å². The Morgan fingerprint density at radius 1 is 1.29 bits per heavy atom. The fourth-order valence-corrected chi connectivity index (χ4v) is 3.43.